The molecule has 3 nitrogen and oxygen atoms in total. The van der Waals surface area contributed by atoms with Crippen molar-refractivity contribution in [2.45, 2.75) is 39.2 Å². The molecule has 12 heavy (non-hydrogen) atoms. The molecule has 0 aliphatic rings. The Kier molecular flexibility index (Phi) is 7.00. The average molecular weight is 173 g/mol. The van der Waals surface area contributed by atoms with Gasteiger partial charge in [-0.3, -0.25) is 4.79 Å². The van der Waals surface area contributed by atoms with E-state index in [1.165, 1.54) is 0 Å². The maximum atomic E-state index is 10.7. The van der Waals surface area contributed by atoms with Crippen LogP contribution in [-0.2, 0) is 9.53 Å². The van der Waals surface area contributed by atoms with E-state index in [1.807, 2.05) is 6.92 Å². The molecule has 0 fully saturated rings. The largest absolute Gasteiger partial charge is 0.378 e. The van der Waals surface area contributed by atoms with Gasteiger partial charge in [0, 0.05) is 6.42 Å². The second kappa shape index (κ2) is 7.25. The van der Waals surface area contributed by atoms with Gasteiger partial charge in [-0.1, -0.05) is 13.3 Å². The van der Waals surface area contributed by atoms with E-state index in [-0.39, 0.29) is 18.4 Å². The second-order valence-corrected chi connectivity index (χ2v) is 2.96. The predicted octanol–water partition coefficient (Wildman–Crippen LogP) is 1.11. The summed E-state index contributed by atoms with van der Waals surface area (Å²) >= 11 is 0. The highest BCUT2D eigenvalue weighted by molar-refractivity contribution is 5.80. The van der Waals surface area contributed by atoms with Crippen LogP contribution in [0.5, 0.6) is 0 Å². The number of hydrogen-bond acceptors (Lipinski definition) is 3. The Morgan fingerprint density at radius 1 is 1.58 bits per heavy atom. The molecule has 0 heterocycles. The lowest BCUT2D eigenvalue weighted by molar-refractivity contribution is -0.119. The normalized spacial score (nSPS) is 12.9. The minimum Gasteiger partial charge on any atom is -0.378 e. The number of ether oxygens (including phenoxy) is 1. The average Bonchev–Trinajstić information content (AvgIpc) is 2.04. The molecule has 0 bridgehead atoms. The van der Waals surface area contributed by atoms with E-state index in [2.05, 4.69) is 6.92 Å². The number of Topliss-reactive ketones (excluding diaryl/α,β-unsaturated/α-hetero) is 1. The Bertz CT molecular complexity index is 126. The van der Waals surface area contributed by atoms with Gasteiger partial charge < -0.3 is 10.5 Å². The van der Waals surface area contributed by atoms with Gasteiger partial charge in [0.15, 0.2) is 0 Å². The molecule has 0 aliphatic heterocycles. The molecule has 0 aromatic carbocycles. The van der Waals surface area contributed by atoms with E-state index in [0.29, 0.717) is 13.0 Å². The van der Waals surface area contributed by atoms with Crippen LogP contribution in [0.3, 0.4) is 0 Å². The maximum absolute atomic E-state index is 10.7. The number of hydrogen-bond donors (Lipinski definition) is 1. The molecule has 0 amide bonds. The predicted molar refractivity (Wildman–Crippen MR) is 49.0 cm³/mol. The molecule has 0 radical (unpaired) electrons. The lowest BCUT2D eigenvalue weighted by atomic mass is 10.2. The van der Waals surface area contributed by atoms with Crippen molar-refractivity contribution in [1.82, 2.24) is 0 Å². The molecule has 0 spiro atoms. The van der Waals surface area contributed by atoms with Crippen LogP contribution in [0.1, 0.15) is 33.1 Å². The van der Waals surface area contributed by atoms with Crippen molar-refractivity contribution < 1.29 is 9.53 Å². The van der Waals surface area contributed by atoms with Crippen molar-refractivity contribution in [3.63, 3.8) is 0 Å². The minimum atomic E-state index is 0.0682. The number of ketones is 1. The van der Waals surface area contributed by atoms with Gasteiger partial charge in [0.25, 0.3) is 0 Å². The van der Waals surface area contributed by atoms with Crippen LogP contribution >= 0.6 is 0 Å². The number of rotatable bonds is 7. The zero-order valence-electron chi connectivity index (χ0n) is 8.01. The molecule has 0 aliphatic carbocycles. The van der Waals surface area contributed by atoms with Crippen molar-refractivity contribution in [1.29, 1.82) is 0 Å². The summed E-state index contributed by atoms with van der Waals surface area (Å²) in [5.74, 6) is 0.0682. The van der Waals surface area contributed by atoms with Crippen LogP contribution in [0.2, 0.25) is 0 Å². The number of carbonyl (C=O) groups excluding carboxylic acids is 1. The molecule has 1 unspecified atom stereocenters. The van der Waals surface area contributed by atoms with Gasteiger partial charge in [-0.05, 0) is 13.3 Å². The summed E-state index contributed by atoms with van der Waals surface area (Å²) in [6, 6.07) is 0. The summed E-state index contributed by atoms with van der Waals surface area (Å²) < 4.78 is 5.38. The molecule has 0 rings (SSSR count). The first-order chi connectivity index (χ1) is 5.70. The van der Waals surface area contributed by atoms with Gasteiger partial charge in [-0.15, -0.1) is 0 Å². The van der Waals surface area contributed by atoms with E-state index < -0.39 is 0 Å². The molecule has 0 aromatic rings. The Morgan fingerprint density at radius 2 is 2.25 bits per heavy atom. The summed E-state index contributed by atoms with van der Waals surface area (Å²) in [6.07, 6.45) is 2.88. The molecule has 0 aromatic heterocycles. The van der Waals surface area contributed by atoms with E-state index >= 15 is 0 Å². The standard InChI is InChI=1S/C9H19NO2/c1-3-4-8(2)12-6-5-9(11)7-10/h8H,3-7,10H2,1-2H3. The molecular weight excluding hydrogens is 154 g/mol. The molecular formula is C9H19NO2. The third kappa shape index (κ3) is 6.31. The third-order valence-electron chi connectivity index (χ3n) is 1.71. The Morgan fingerprint density at radius 3 is 2.75 bits per heavy atom. The number of carbonyl (C=O) groups is 1. The van der Waals surface area contributed by atoms with E-state index in [9.17, 15) is 4.79 Å². The van der Waals surface area contributed by atoms with Crippen LogP contribution in [0, 0.1) is 0 Å². The highest BCUT2D eigenvalue weighted by Gasteiger charge is 2.02. The van der Waals surface area contributed by atoms with Crippen LogP contribution in [0.4, 0.5) is 0 Å². The summed E-state index contributed by atoms with van der Waals surface area (Å²) in [4.78, 5) is 10.7. The van der Waals surface area contributed by atoms with Crippen molar-refractivity contribution in [3.05, 3.63) is 0 Å². The van der Waals surface area contributed by atoms with E-state index in [4.69, 9.17) is 10.5 Å². The quantitative estimate of drug-likeness (QED) is 0.627. The Balaban J connectivity index is 3.24. The van der Waals surface area contributed by atoms with Gasteiger partial charge in [0.2, 0.25) is 0 Å². The summed E-state index contributed by atoms with van der Waals surface area (Å²) in [6.45, 7) is 4.78. The van der Waals surface area contributed by atoms with Crippen LogP contribution in [-0.4, -0.2) is 25.0 Å². The lowest BCUT2D eigenvalue weighted by Crippen LogP contribution is -2.17. The van der Waals surface area contributed by atoms with Crippen LogP contribution < -0.4 is 5.73 Å². The molecule has 1 atom stereocenters. The highest BCUT2D eigenvalue weighted by Crippen LogP contribution is 2.00. The Labute approximate surface area is 74.3 Å². The van der Waals surface area contributed by atoms with Gasteiger partial charge >= 0.3 is 0 Å². The first-order valence-corrected chi connectivity index (χ1v) is 4.54. The SMILES string of the molecule is CCCC(C)OCCC(=O)CN. The van der Waals surface area contributed by atoms with Crippen molar-refractivity contribution in [2.75, 3.05) is 13.2 Å². The zero-order valence-corrected chi connectivity index (χ0v) is 8.01. The van der Waals surface area contributed by atoms with E-state index in [1.54, 1.807) is 0 Å². The van der Waals surface area contributed by atoms with Gasteiger partial charge in [-0.25, -0.2) is 0 Å². The molecule has 0 saturated heterocycles. The van der Waals surface area contributed by atoms with E-state index in [0.717, 1.165) is 12.8 Å². The fraction of sp³-hybridized carbons (Fsp3) is 0.889. The lowest BCUT2D eigenvalue weighted by Gasteiger charge is -2.10. The molecule has 3 heteroatoms. The summed E-state index contributed by atoms with van der Waals surface area (Å²) in [7, 11) is 0. The zero-order chi connectivity index (χ0) is 9.40. The highest BCUT2D eigenvalue weighted by atomic mass is 16.5. The van der Waals surface area contributed by atoms with Crippen LogP contribution in [0.15, 0.2) is 0 Å². The monoisotopic (exact) mass is 173 g/mol. The van der Waals surface area contributed by atoms with Crippen molar-refractivity contribution in [3.8, 4) is 0 Å². The minimum absolute atomic E-state index is 0.0682. The topological polar surface area (TPSA) is 52.3 Å². The van der Waals surface area contributed by atoms with Crippen molar-refractivity contribution in [2.24, 2.45) is 5.73 Å². The molecule has 0 saturated carbocycles. The van der Waals surface area contributed by atoms with Gasteiger partial charge in [0.05, 0.1) is 19.3 Å². The summed E-state index contributed by atoms with van der Waals surface area (Å²) in [5.41, 5.74) is 5.14. The van der Waals surface area contributed by atoms with Gasteiger partial charge in [0.1, 0.15) is 5.78 Å². The first kappa shape index (κ1) is 11.6. The fourth-order valence-corrected chi connectivity index (χ4v) is 0.966. The fourth-order valence-electron chi connectivity index (χ4n) is 0.966. The smallest absolute Gasteiger partial charge is 0.148 e. The van der Waals surface area contributed by atoms with Gasteiger partial charge in [-0.2, -0.15) is 0 Å². The summed E-state index contributed by atoms with van der Waals surface area (Å²) in [5, 5.41) is 0. The molecule has 72 valence electrons. The van der Waals surface area contributed by atoms with Crippen molar-refractivity contribution >= 4 is 5.78 Å². The third-order valence-corrected chi connectivity index (χ3v) is 1.71. The van der Waals surface area contributed by atoms with Crippen LogP contribution in [0.25, 0.3) is 0 Å². The number of nitrogens with two attached hydrogens (primary N) is 1. The maximum Gasteiger partial charge on any atom is 0.148 e. The first-order valence-electron chi connectivity index (χ1n) is 4.54. The molecule has 2 N–H and O–H groups in total. The second-order valence-electron chi connectivity index (χ2n) is 2.96. The Hall–Kier alpha value is -0.410.